The van der Waals surface area contributed by atoms with Crippen molar-refractivity contribution in [1.82, 2.24) is 30.0 Å². The first kappa shape index (κ1) is 24.4. The quantitative estimate of drug-likeness (QED) is 0.204. The molecule has 4 aromatic heterocycles. The summed E-state index contributed by atoms with van der Waals surface area (Å²) in [5, 5.41) is 18.4. The van der Waals surface area contributed by atoms with E-state index >= 15 is 0 Å². The van der Waals surface area contributed by atoms with Gasteiger partial charge >= 0.3 is 0 Å². The third-order valence-corrected chi connectivity index (χ3v) is 8.16. The summed E-state index contributed by atoms with van der Waals surface area (Å²) >= 11 is -0.270. The first-order valence-corrected chi connectivity index (χ1v) is 14.4. The van der Waals surface area contributed by atoms with E-state index in [4.69, 9.17) is 9.72 Å². The predicted molar refractivity (Wildman–Crippen MR) is 157 cm³/mol. The van der Waals surface area contributed by atoms with Crippen molar-refractivity contribution in [3.8, 4) is 28.3 Å². The van der Waals surface area contributed by atoms with Crippen LogP contribution in [0.3, 0.4) is 0 Å². The third-order valence-electron chi connectivity index (χ3n) is 6.15. The average molecular weight is 622 g/mol. The van der Waals surface area contributed by atoms with Crippen LogP contribution in [0.1, 0.15) is 5.69 Å². The van der Waals surface area contributed by atoms with Gasteiger partial charge in [-0.2, -0.15) is 5.10 Å². The van der Waals surface area contributed by atoms with E-state index in [-0.39, 0.29) is 26.5 Å². The first-order valence-electron chi connectivity index (χ1n) is 11.9. The summed E-state index contributed by atoms with van der Waals surface area (Å²) in [6, 6.07) is 9.91. The zero-order valence-corrected chi connectivity index (χ0v) is 22.8. The largest absolute Gasteiger partial charge is 0.508 e. The molecule has 38 heavy (non-hydrogen) atoms. The Kier molecular flexibility index (Phi) is 6.50. The van der Waals surface area contributed by atoms with Crippen molar-refractivity contribution in [2.75, 3.05) is 27.2 Å². The molecule has 5 heterocycles. The summed E-state index contributed by atoms with van der Waals surface area (Å²) < 4.78 is 24.4. The fourth-order valence-corrected chi connectivity index (χ4v) is 6.09. The number of phenolic OH excluding ortho intramolecular Hbond substituents is 1. The van der Waals surface area contributed by atoms with E-state index in [0.717, 1.165) is 57.3 Å². The Morgan fingerprint density at radius 2 is 2.00 bits per heavy atom. The highest BCUT2D eigenvalue weighted by atomic mass is 127. The van der Waals surface area contributed by atoms with E-state index in [1.54, 1.807) is 12.4 Å². The van der Waals surface area contributed by atoms with Gasteiger partial charge in [-0.25, -0.2) is 9.37 Å². The lowest BCUT2D eigenvalue weighted by Gasteiger charge is -2.13. The second kappa shape index (κ2) is 10.1. The van der Waals surface area contributed by atoms with Gasteiger partial charge in [0.05, 0.1) is 28.6 Å². The third kappa shape index (κ3) is 4.84. The first-order chi connectivity index (χ1) is 18.4. The fraction of sp³-hybridized carbons (Fsp3) is 0.143. The van der Waals surface area contributed by atoms with E-state index in [1.165, 1.54) is 12.1 Å². The molecule has 10 heteroatoms. The molecular weight excluding hydrogens is 598 g/mol. The lowest BCUT2D eigenvalue weighted by atomic mass is 10.0. The van der Waals surface area contributed by atoms with E-state index in [2.05, 4.69) is 33.2 Å². The highest BCUT2D eigenvalue weighted by Crippen LogP contribution is 2.35. The van der Waals surface area contributed by atoms with Gasteiger partial charge < -0.3 is 19.7 Å². The standard InChI is InChI=1S/C28H24FIN6O2/c1-36(2)5-6-38-20-9-17(12-30-13-20)23-3-4-24-27(33-23)28(35-34-24)25-11-21-22(14-31-15-26(21)32-25)16-7-18(29)10-19(37)8-16/h3-4,7-15,32,37H,5-6H2,1-2H3,(H,34,35). The number of hydrogen-bond donors (Lipinski definition) is 3. The Hall–Kier alpha value is -3.90. The van der Waals surface area contributed by atoms with Crippen LogP contribution in [0.25, 0.3) is 50.0 Å². The molecule has 0 bridgehead atoms. The molecule has 0 saturated carbocycles. The molecule has 0 atom stereocenters. The van der Waals surface area contributed by atoms with Gasteiger partial charge in [0, 0.05) is 39.3 Å². The molecule has 0 aliphatic carbocycles. The van der Waals surface area contributed by atoms with Crippen molar-refractivity contribution in [3.05, 3.63) is 76.2 Å². The average Bonchev–Trinajstić information content (AvgIpc) is 3.51. The van der Waals surface area contributed by atoms with Crippen LogP contribution in [0.2, 0.25) is 0 Å². The zero-order valence-electron chi connectivity index (χ0n) is 20.7. The van der Waals surface area contributed by atoms with Gasteiger partial charge in [0.1, 0.15) is 35.1 Å². The molecule has 0 saturated heterocycles. The molecule has 192 valence electrons. The van der Waals surface area contributed by atoms with Crippen LogP contribution < -0.4 is 0 Å². The number of halogens is 2. The molecular formula is C28H24FIN6O2. The number of hydrogen-bond acceptors (Lipinski definition) is 6. The number of aromatic nitrogens is 5. The number of H-pyrrole nitrogens is 2. The fourth-order valence-electron chi connectivity index (χ4n) is 4.31. The molecule has 3 N–H and O–H groups in total. The smallest absolute Gasteiger partial charge is 0.135 e. The van der Waals surface area contributed by atoms with Crippen molar-refractivity contribution < 1.29 is 14.2 Å². The SMILES string of the molecule is CN(C)CCOC1=CC(c2ccc3[nH]nc(-c4cc5c(-c6cc(O)cc(F)c6)cncc5[nH]4)c3n2)=CI=C1. The Labute approximate surface area is 227 Å². The Balaban J connectivity index is 1.37. The summed E-state index contributed by atoms with van der Waals surface area (Å²) in [6.07, 6.45) is 5.42. The molecule has 0 unspecified atom stereocenters. The topological polar surface area (TPSA) is 103 Å². The van der Waals surface area contributed by atoms with Crippen LogP contribution in [0.15, 0.2) is 64.7 Å². The van der Waals surface area contributed by atoms with Crippen LogP contribution in [-0.4, -0.2) is 66.4 Å². The lowest BCUT2D eigenvalue weighted by Crippen LogP contribution is -2.18. The summed E-state index contributed by atoms with van der Waals surface area (Å²) in [5.74, 6) is 0.241. The number of rotatable bonds is 7. The summed E-state index contributed by atoms with van der Waals surface area (Å²) in [7, 11) is 4.05. The molecule has 1 aliphatic heterocycles. The van der Waals surface area contributed by atoms with Gasteiger partial charge in [0.2, 0.25) is 0 Å². The number of aromatic amines is 2. The highest BCUT2D eigenvalue weighted by Gasteiger charge is 2.17. The van der Waals surface area contributed by atoms with Crippen LogP contribution in [0, 0.1) is 5.82 Å². The minimum Gasteiger partial charge on any atom is -0.508 e. The van der Waals surface area contributed by atoms with Gasteiger partial charge in [-0.1, -0.05) is 20.7 Å². The van der Waals surface area contributed by atoms with Crippen LogP contribution in [0.5, 0.6) is 5.75 Å². The van der Waals surface area contributed by atoms with Crippen molar-refractivity contribution in [2.24, 2.45) is 0 Å². The Morgan fingerprint density at radius 3 is 2.84 bits per heavy atom. The van der Waals surface area contributed by atoms with Crippen LogP contribution >= 0.6 is 20.7 Å². The van der Waals surface area contributed by atoms with Gasteiger partial charge in [0.25, 0.3) is 0 Å². The molecule has 0 fully saturated rings. The van der Waals surface area contributed by atoms with E-state index in [9.17, 15) is 9.50 Å². The number of nitrogens with zero attached hydrogens (tertiary/aromatic N) is 4. The number of ether oxygens (including phenoxy) is 1. The van der Waals surface area contributed by atoms with Crippen molar-refractivity contribution in [1.29, 1.82) is 0 Å². The van der Waals surface area contributed by atoms with Crippen molar-refractivity contribution in [3.63, 3.8) is 0 Å². The number of benzene rings is 1. The monoisotopic (exact) mass is 622 g/mol. The molecule has 8 nitrogen and oxygen atoms in total. The number of aromatic hydroxyl groups is 1. The molecule has 5 aromatic rings. The molecule has 0 spiro atoms. The van der Waals surface area contributed by atoms with Gasteiger partial charge in [0.15, 0.2) is 0 Å². The van der Waals surface area contributed by atoms with Gasteiger partial charge in [-0.05, 0) is 60.1 Å². The van der Waals surface area contributed by atoms with Gasteiger partial charge in [-0.3, -0.25) is 10.1 Å². The number of phenols is 1. The minimum absolute atomic E-state index is 0.139. The van der Waals surface area contributed by atoms with Crippen molar-refractivity contribution in [2.45, 2.75) is 0 Å². The molecule has 1 aromatic carbocycles. The maximum Gasteiger partial charge on any atom is 0.135 e. The van der Waals surface area contributed by atoms with E-state index in [1.807, 2.05) is 38.4 Å². The predicted octanol–water partition coefficient (Wildman–Crippen LogP) is 5.60. The maximum absolute atomic E-state index is 14.0. The highest BCUT2D eigenvalue weighted by molar-refractivity contribution is 14.2. The second-order valence-electron chi connectivity index (χ2n) is 9.19. The Bertz CT molecular complexity index is 1750. The summed E-state index contributed by atoms with van der Waals surface area (Å²) in [5.41, 5.74) is 6.91. The van der Waals surface area contributed by atoms with E-state index < -0.39 is 5.82 Å². The number of fused-ring (bicyclic) bond motifs is 2. The lowest BCUT2D eigenvalue weighted by molar-refractivity contribution is 0.200. The number of allylic oxidation sites excluding steroid dienone is 3. The second-order valence-corrected chi connectivity index (χ2v) is 11.2. The number of pyridine rings is 2. The number of likely N-dealkylation sites (N-methyl/N-ethyl adjacent to an activating group) is 1. The summed E-state index contributed by atoms with van der Waals surface area (Å²) in [4.78, 5) is 14.7. The van der Waals surface area contributed by atoms with Crippen LogP contribution in [-0.2, 0) is 4.74 Å². The van der Waals surface area contributed by atoms with E-state index in [0.29, 0.717) is 23.4 Å². The van der Waals surface area contributed by atoms with Crippen molar-refractivity contribution >= 4 is 52.3 Å². The number of nitrogens with one attached hydrogen (secondary N) is 2. The maximum atomic E-state index is 14.0. The summed E-state index contributed by atoms with van der Waals surface area (Å²) in [6.45, 7) is 1.49. The molecule has 1 aliphatic rings. The Morgan fingerprint density at radius 1 is 1.11 bits per heavy atom. The molecule has 6 rings (SSSR count). The van der Waals surface area contributed by atoms with Gasteiger partial charge in [-0.15, -0.1) is 0 Å². The molecule has 0 radical (unpaired) electrons. The zero-order chi connectivity index (χ0) is 26.2. The minimum atomic E-state index is -0.514. The van der Waals surface area contributed by atoms with Crippen LogP contribution in [0.4, 0.5) is 4.39 Å². The normalized spacial score (nSPS) is 13.6. The molecule has 0 amide bonds.